The molecule has 0 atom stereocenters. The summed E-state index contributed by atoms with van der Waals surface area (Å²) in [6, 6.07) is 0. The van der Waals surface area contributed by atoms with E-state index in [0.29, 0.717) is 5.92 Å². The maximum Gasteiger partial charge on any atom is 0.0666 e. The van der Waals surface area contributed by atoms with Crippen molar-refractivity contribution in [2.45, 2.75) is 38.7 Å². The molecule has 0 saturated carbocycles. The molecule has 1 heterocycles. The minimum Gasteiger partial charge on any atom is -0.390 e. The van der Waals surface area contributed by atoms with Crippen LogP contribution >= 0.6 is 11.8 Å². The van der Waals surface area contributed by atoms with Crippen LogP contribution in [-0.4, -0.2) is 22.2 Å². The molecule has 1 N–H and O–H groups in total. The Labute approximate surface area is 73.6 Å². The molecule has 0 aliphatic carbocycles. The lowest BCUT2D eigenvalue weighted by Gasteiger charge is -2.33. The Morgan fingerprint density at radius 1 is 1.36 bits per heavy atom. The molecule has 0 aromatic rings. The van der Waals surface area contributed by atoms with Crippen molar-refractivity contribution < 1.29 is 5.11 Å². The zero-order valence-corrected chi connectivity index (χ0v) is 8.28. The lowest BCUT2D eigenvalue weighted by Crippen LogP contribution is -2.34. The van der Waals surface area contributed by atoms with Crippen molar-refractivity contribution in [3.8, 4) is 0 Å². The lowest BCUT2D eigenvalue weighted by molar-refractivity contribution is 0.0119. The predicted molar refractivity (Wildman–Crippen MR) is 51.0 cm³/mol. The van der Waals surface area contributed by atoms with Gasteiger partial charge in [-0.2, -0.15) is 11.8 Å². The van der Waals surface area contributed by atoms with Gasteiger partial charge in [0.2, 0.25) is 0 Å². The zero-order valence-electron chi connectivity index (χ0n) is 7.47. The Kier molecular flexibility index (Phi) is 3.26. The van der Waals surface area contributed by atoms with Crippen LogP contribution in [0.2, 0.25) is 0 Å². The molecule has 0 bridgehead atoms. The van der Waals surface area contributed by atoms with Crippen LogP contribution in [0.3, 0.4) is 0 Å². The maximum atomic E-state index is 10.0. The largest absolute Gasteiger partial charge is 0.390 e. The fourth-order valence-electron chi connectivity index (χ4n) is 1.72. The van der Waals surface area contributed by atoms with Gasteiger partial charge in [0.1, 0.15) is 0 Å². The van der Waals surface area contributed by atoms with Gasteiger partial charge in [-0.05, 0) is 36.7 Å². The highest BCUT2D eigenvalue weighted by Gasteiger charge is 2.29. The maximum absolute atomic E-state index is 10.0. The Balaban J connectivity index is 2.37. The molecule has 0 radical (unpaired) electrons. The van der Waals surface area contributed by atoms with E-state index in [9.17, 15) is 5.11 Å². The Morgan fingerprint density at radius 2 is 1.91 bits per heavy atom. The monoisotopic (exact) mass is 174 g/mol. The smallest absolute Gasteiger partial charge is 0.0666 e. The standard InChI is InChI=1S/C9H18OS/c1-8(2)7-9(10)3-5-11-6-4-9/h8,10H,3-7H2,1-2H3. The van der Waals surface area contributed by atoms with Gasteiger partial charge in [0.05, 0.1) is 5.60 Å². The Hall–Kier alpha value is 0.310. The summed E-state index contributed by atoms with van der Waals surface area (Å²) in [5.41, 5.74) is -0.320. The van der Waals surface area contributed by atoms with E-state index < -0.39 is 0 Å². The topological polar surface area (TPSA) is 20.2 Å². The van der Waals surface area contributed by atoms with E-state index in [0.717, 1.165) is 30.8 Å². The van der Waals surface area contributed by atoms with Crippen molar-refractivity contribution in [1.82, 2.24) is 0 Å². The summed E-state index contributed by atoms with van der Waals surface area (Å²) in [4.78, 5) is 0. The van der Waals surface area contributed by atoms with E-state index in [2.05, 4.69) is 13.8 Å². The van der Waals surface area contributed by atoms with E-state index in [1.165, 1.54) is 0 Å². The third kappa shape index (κ3) is 3.04. The normalized spacial score (nSPS) is 24.0. The van der Waals surface area contributed by atoms with Gasteiger partial charge in [-0.1, -0.05) is 13.8 Å². The summed E-state index contributed by atoms with van der Waals surface area (Å²) in [5.74, 6) is 2.91. The molecule has 1 fully saturated rings. The molecular formula is C9H18OS. The van der Waals surface area contributed by atoms with E-state index in [1.54, 1.807) is 0 Å². The van der Waals surface area contributed by atoms with Crippen LogP contribution in [-0.2, 0) is 0 Å². The SMILES string of the molecule is CC(C)CC1(O)CCSCC1. The second kappa shape index (κ2) is 3.81. The first-order valence-corrected chi connectivity index (χ1v) is 5.58. The van der Waals surface area contributed by atoms with E-state index >= 15 is 0 Å². The van der Waals surface area contributed by atoms with Gasteiger partial charge in [0, 0.05) is 0 Å². The average molecular weight is 174 g/mol. The molecule has 0 unspecified atom stereocenters. The molecule has 0 aromatic carbocycles. The summed E-state index contributed by atoms with van der Waals surface area (Å²) in [5, 5.41) is 10.0. The molecule has 1 aliphatic heterocycles. The van der Waals surface area contributed by atoms with Crippen molar-refractivity contribution in [3.05, 3.63) is 0 Å². The van der Waals surface area contributed by atoms with E-state index in [1.807, 2.05) is 11.8 Å². The van der Waals surface area contributed by atoms with Crippen LogP contribution in [0, 0.1) is 5.92 Å². The fourth-order valence-corrected chi connectivity index (χ4v) is 2.97. The first kappa shape index (κ1) is 9.40. The van der Waals surface area contributed by atoms with Crippen molar-refractivity contribution in [2.24, 2.45) is 5.92 Å². The van der Waals surface area contributed by atoms with Crippen LogP contribution in [0.4, 0.5) is 0 Å². The molecule has 11 heavy (non-hydrogen) atoms. The third-order valence-corrected chi connectivity index (χ3v) is 3.20. The number of thioether (sulfide) groups is 1. The van der Waals surface area contributed by atoms with Crippen molar-refractivity contribution in [3.63, 3.8) is 0 Å². The summed E-state index contributed by atoms with van der Waals surface area (Å²) in [6.45, 7) is 4.36. The van der Waals surface area contributed by atoms with Gasteiger partial charge in [-0.15, -0.1) is 0 Å². The molecule has 0 aromatic heterocycles. The molecule has 66 valence electrons. The van der Waals surface area contributed by atoms with Crippen LogP contribution in [0.15, 0.2) is 0 Å². The number of hydrogen-bond donors (Lipinski definition) is 1. The van der Waals surface area contributed by atoms with Crippen molar-refractivity contribution in [2.75, 3.05) is 11.5 Å². The van der Waals surface area contributed by atoms with E-state index in [4.69, 9.17) is 0 Å². The van der Waals surface area contributed by atoms with Crippen molar-refractivity contribution >= 4 is 11.8 Å². The number of hydrogen-bond acceptors (Lipinski definition) is 2. The summed E-state index contributed by atoms with van der Waals surface area (Å²) < 4.78 is 0. The molecule has 2 heteroatoms. The minimum atomic E-state index is -0.320. The Bertz CT molecular complexity index is 117. The first-order valence-electron chi connectivity index (χ1n) is 4.42. The second-order valence-electron chi connectivity index (χ2n) is 3.93. The van der Waals surface area contributed by atoms with Gasteiger partial charge in [0.25, 0.3) is 0 Å². The Morgan fingerprint density at radius 3 is 2.36 bits per heavy atom. The highest BCUT2D eigenvalue weighted by atomic mass is 32.2. The first-order chi connectivity index (χ1) is 5.12. The van der Waals surface area contributed by atoms with Crippen molar-refractivity contribution in [1.29, 1.82) is 0 Å². The quantitative estimate of drug-likeness (QED) is 0.693. The molecular weight excluding hydrogens is 156 g/mol. The van der Waals surface area contributed by atoms with Crippen LogP contribution < -0.4 is 0 Å². The second-order valence-corrected chi connectivity index (χ2v) is 5.16. The van der Waals surface area contributed by atoms with Crippen LogP contribution in [0.25, 0.3) is 0 Å². The minimum absolute atomic E-state index is 0.320. The highest BCUT2D eigenvalue weighted by molar-refractivity contribution is 7.99. The van der Waals surface area contributed by atoms with Gasteiger partial charge < -0.3 is 5.11 Å². The average Bonchev–Trinajstić information content (AvgIpc) is 1.85. The van der Waals surface area contributed by atoms with Gasteiger partial charge >= 0.3 is 0 Å². The van der Waals surface area contributed by atoms with Gasteiger partial charge in [-0.25, -0.2) is 0 Å². The molecule has 1 nitrogen and oxygen atoms in total. The molecule has 1 aliphatic rings. The number of rotatable bonds is 2. The predicted octanol–water partition coefficient (Wildman–Crippen LogP) is 2.29. The van der Waals surface area contributed by atoms with Crippen LogP contribution in [0.1, 0.15) is 33.1 Å². The van der Waals surface area contributed by atoms with E-state index in [-0.39, 0.29) is 5.60 Å². The lowest BCUT2D eigenvalue weighted by atomic mass is 9.87. The summed E-state index contributed by atoms with van der Waals surface area (Å²) >= 11 is 1.96. The third-order valence-electron chi connectivity index (χ3n) is 2.21. The number of aliphatic hydroxyl groups is 1. The summed E-state index contributed by atoms with van der Waals surface area (Å²) in [7, 11) is 0. The molecule has 1 rings (SSSR count). The molecule has 1 saturated heterocycles. The molecule has 0 amide bonds. The van der Waals surface area contributed by atoms with Gasteiger partial charge in [0.15, 0.2) is 0 Å². The zero-order chi connectivity index (χ0) is 8.32. The fraction of sp³-hybridized carbons (Fsp3) is 1.00. The van der Waals surface area contributed by atoms with Gasteiger partial charge in [-0.3, -0.25) is 0 Å². The molecule has 0 spiro atoms. The summed E-state index contributed by atoms with van der Waals surface area (Å²) in [6.07, 6.45) is 2.97. The highest BCUT2D eigenvalue weighted by Crippen LogP contribution is 2.31. The van der Waals surface area contributed by atoms with Crippen LogP contribution in [0.5, 0.6) is 0 Å².